The van der Waals surface area contributed by atoms with Crippen LogP contribution >= 0.6 is 0 Å². The van der Waals surface area contributed by atoms with Crippen LogP contribution in [0.1, 0.15) is 19.4 Å². The second-order valence-corrected chi connectivity index (χ2v) is 6.60. The topological polar surface area (TPSA) is 68.3 Å². The van der Waals surface area contributed by atoms with Crippen molar-refractivity contribution in [3.05, 3.63) is 66.5 Å². The Balaban J connectivity index is 1.59. The molecular formula is C22H26N4O2. The number of benzene rings is 2. The third kappa shape index (κ3) is 5.61. The summed E-state index contributed by atoms with van der Waals surface area (Å²) in [5, 5.41) is 6.65. The van der Waals surface area contributed by atoms with Gasteiger partial charge in [0.15, 0.2) is 0 Å². The molecule has 0 saturated carbocycles. The molecule has 1 heterocycles. The highest BCUT2D eigenvalue weighted by molar-refractivity contribution is 5.65. The van der Waals surface area contributed by atoms with Crippen molar-refractivity contribution in [2.75, 3.05) is 24.3 Å². The largest absolute Gasteiger partial charge is 0.497 e. The van der Waals surface area contributed by atoms with Gasteiger partial charge in [-0.3, -0.25) is 0 Å². The number of hydrogen-bond acceptors (Lipinski definition) is 6. The Morgan fingerprint density at radius 3 is 2.46 bits per heavy atom. The van der Waals surface area contributed by atoms with Crippen LogP contribution in [0.5, 0.6) is 11.5 Å². The third-order valence-electron chi connectivity index (χ3n) is 4.06. The zero-order valence-corrected chi connectivity index (χ0v) is 16.5. The maximum atomic E-state index is 5.85. The van der Waals surface area contributed by atoms with E-state index in [0.717, 1.165) is 36.0 Å². The highest BCUT2D eigenvalue weighted by atomic mass is 16.5. The van der Waals surface area contributed by atoms with Gasteiger partial charge in [0.25, 0.3) is 0 Å². The van der Waals surface area contributed by atoms with Crippen LogP contribution in [0.15, 0.2) is 60.9 Å². The van der Waals surface area contributed by atoms with E-state index >= 15 is 0 Å². The van der Waals surface area contributed by atoms with Gasteiger partial charge in [0.2, 0.25) is 0 Å². The van der Waals surface area contributed by atoms with Crippen LogP contribution in [-0.2, 0) is 6.42 Å². The summed E-state index contributed by atoms with van der Waals surface area (Å²) in [4.78, 5) is 8.61. The van der Waals surface area contributed by atoms with Gasteiger partial charge in [-0.25, -0.2) is 9.97 Å². The van der Waals surface area contributed by atoms with Crippen molar-refractivity contribution < 1.29 is 9.47 Å². The van der Waals surface area contributed by atoms with Gasteiger partial charge < -0.3 is 20.1 Å². The van der Waals surface area contributed by atoms with E-state index in [4.69, 9.17) is 9.47 Å². The van der Waals surface area contributed by atoms with E-state index in [1.54, 1.807) is 13.4 Å². The number of para-hydroxylation sites is 2. The zero-order valence-electron chi connectivity index (χ0n) is 16.5. The molecule has 6 nitrogen and oxygen atoms in total. The Morgan fingerprint density at radius 1 is 0.964 bits per heavy atom. The van der Waals surface area contributed by atoms with E-state index in [1.165, 1.54) is 5.56 Å². The second-order valence-electron chi connectivity index (χ2n) is 6.60. The van der Waals surface area contributed by atoms with Gasteiger partial charge in [-0.1, -0.05) is 24.3 Å². The summed E-state index contributed by atoms with van der Waals surface area (Å²) in [6.45, 7) is 4.79. The fraction of sp³-hybridized carbons (Fsp3) is 0.273. The minimum absolute atomic E-state index is 0.100. The molecule has 0 saturated heterocycles. The first-order valence-corrected chi connectivity index (χ1v) is 9.35. The highest BCUT2D eigenvalue weighted by Gasteiger charge is 2.07. The van der Waals surface area contributed by atoms with Crippen LogP contribution in [0, 0.1) is 0 Å². The number of rotatable bonds is 9. The lowest BCUT2D eigenvalue weighted by Crippen LogP contribution is -2.08. The minimum Gasteiger partial charge on any atom is -0.497 e. The van der Waals surface area contributed by atoms with Crippen LogP contribution in [-0.4, -0.2) is 29.7 Å². The minimum atomic E-state index is 0.100. The Bertz CT molecular complexity index is 882. The average Bonchev–Trinajstić information content (AvgIpc) is 2.70. The molecule has 0 fully saturated rings. The summed E-state index contributed by atoms with van der Waals surface area (Å²) in [5.41, 5.74) is 2.11. The van der Waals surface area contributed by atoms with Crippen molar-refractivity contribution in [2.45, 2.75) is 26.4 Å². The van der Waals surface area contributed by atoms with Crippen molar-refractivity contribution >= 4 is 17.3 Å². The molecule has 3 rings (SSSR count). The Labute approximate surface area is 166 Å². The molecule has 0 unspecified atom stereocenters. The lowest BCUT2D eigenvalue weighted by atomic mass is 10.1. The third-order valence-corrected chi connectivity index (χ3v) is 4.06. The molecule has 0 aliphatic rings. The molecule has 0 bridgehead atoms. The van der Waals surface area contributed by atoms with E-state index in [0.29, 0.717) is 5.82 Å². The lowest BCUT2D eigenvalue weighted by Gasteiger charge is -2.15. The molecule has 0 atom stereocenters. The maximum Gasteiger partial charge on any atom is 0.143 e. The second kappa shape index (κ2) is 9.60. The number of nitrogens with zero attached hydrogens (tertiary/aromatic N) is 2. The molecule has 1 aromatic heterocycles. The summed E-state index contributed by atoms with van der Waals surface area (Å²) in [5.74, 6) is 3.14. The number of anilines is 3. The van der Waals surface area contributed by atoms with Crippen molar-refractivity contribution in [3.8, 4) is 11.5 Å². The van der Waals surface area contributed by atoms with Crippen LogP contribution < -0.4 is 20.1 Å². The van der Waals surface area contributed by atoms with E-state index in [2.05, 4.69) is 32.7 Å². The van der Waals surface area contributed by atoms with Crippen LogP contribution in [0.2, 0.25) is 0 Å². The Morgan fingerprint density at radius 2 is 1.71 bits per heavy atom. The molecule has 146 valence electrons. The molecule has 0 aliphatic carbocycles. The van der Waals surface area contributed by atoms with Crippen molar-refractivity contribution in [1.82, 2.24) is 9.97 Å². The predicted octanol–water partition coefficient (Wildman–Crippen LogP) is 4.67. The van der Waals surface area contributed by atoms with Crippen molar-refractivity contribution in [3.63, 3.8) is 0 Å². The van der Waals surface area contributed by atoms with Gasteiger partial charge in [-0.2, -0.15) is 0 Å². The summed E-state index contributed by atoms with van der Waals surface area (Å²) in [7, 11) is 1.67. The highest BCUT2D eigenvalue weighted by Crippen LogP contribution is 2.27. The normalized spacial score (nSPS) is 10.6. The van der Waals surface area contributed by atoms with Gasteiger partial charge in [-0.05, 0) is 50.1 Å². The summed E-state index contributed by atoms with van der Waals surface area (Å²) >= 11 is 0. The van der Waals surface area contributed by atoms with E-state index < -0.39 is 0 Å². The first-order valence-electron chi connectivity index (χ1n) is 9.35. The lowest BCUT2D eigenvalue weighted by molar-refractivity contribution is 0.244. The number of aromatic nitrogens is 2. The molecule has 0 spiro atoms. The first-order chi connectivity index (χ1) is 13.6. The number of methoxy groups -OCH3 is 1. The standard InChI is InChI=1S/C22H26N4O2/c1-16(2)28-20-7-5-4-6-19(20)26-22-14-21(24-15-25-22)23-13-12-17-8-10-18(27-3)11-9-17/h4-11,14-16H,12-13H2,1-3H3,(H2,23,24,25,26). The van der Waals surface area contributed by atoms with Gasteiger partial charge in [-0.15, -0.1) is 0 Å². The molecule has 28 heavy (non-hydrogen) atoms. The quantitative estimate of drug-likeness (QED) is 0.564. The molecule has 0 amide bonds. The van der Waals surface area contributed by atoms with Crippen LogP contribution in [0.25, 0.3) is 0 Å². The fourth-order valence-electron chi connectivity index (χ4n) is 2.71. The molecule has 2 N–H and O–H groups in total. The van der Waals surface area contributed by atoms with Gasteiger partial charge >= 0.3 is 0 Å². The van der Waals surface area contributed by atoms with Gasteiger partial charge in [0.1, 0.15) is 29.5 Å². The smallest absolute Gasteiger partial charge is 0.143 e. The summed E-state index contributed by atoms with van der Waals surface area (Å²) in [6, 6.07) is 17.8. The molecule has 3 aromatic rings. The summed E-state index contributed by atoms with van der Waals surface area (Å²) < 4.78 is 11.0. The summed E-state index contributed by atoms with van der Waals surface area (Å²) in [6.07, 6.45) is 2.54. The zero-order chi connectivity index (χ0) is 19.8. The number of nitrogens with one attached hydrogen (secondary N) is 2. The molecule has 0 aliphatic heterocycles. The van der Waals surface area contributed by atoms with E-state index in [1.807, 2.05) is 56.3 Å². The monoisotopic (exact) mass is 378 g/mol. The first kappa shape index (κ1) is 19.5. The molecule has 6 heteroatoms. The van der Waals surface area contributed by atoms with E-state index in [9.17, 15) is 0 Å². The maximum absolute atomic E-state index is 5.85. The number of ether oxygens (including phenoxy) is 2. The van der Waals surface area contributed by atoms with Crippen molar-refractivity contribution in [1.29, 1.82) is 0 Å². The molecule has 2 aromatic carbocycles. The number of hydrogen-bond donors (Lipinski definition) is 2. The fourth-order valence-corrected chi connectivity index (χ4v) is 2.71. The van der Waals surface area contributed by atoms with Gasteiger partial charge in [0.05, 0.1) is 18.9 Å². The van der Waals surface area contributed by atoms with Crippen molar-refractivity contribution in [2.24, 2.45) is 0 Å². The van der Waals surface area contributed by atoms with Crippen LogP contribution in [0.3, 0.4) is 0 Å². The average molecular weight is 378 g/mol. The van der Waals surface area contributed by atoms with Gasteiger partial charge in [0, 0.05) is 12.6 Å². The van der Waals surface area contributed by atoms with E-state index in [-0.39, 0.29) is 6.10 Å². The predicted molar refractivity (Wildman–Crippen MR) is 113 cm³/mol. The molecule has 0 radical (unpaired) electrons. The SMILES string of the molecule is COc1ccc(CCNc2cc(Nc3ccccc3OC(C)C)ncn2)cc1. The molecular weight excluding hydrogens is 352 g/mol. The Hall–Kier alpha value is -3.28. The Kier molecular flexibility index (Phi) is 6.68. The van der Waals surface area contributed by atoms with Crippen LogP contribution in [0.4, 0.5) is 17.3 Å².